The molecule has 0 aliphatic carbocycles. The number of nitrogens with one attached hydrogen (secondary N) is 1. The smallest absolute Gasteiger partial charge is 0.322 e. The highest BCUT2D eigenvalue weighted by molar-refractivity contribution is 6.32. The Morgan fingerprint density at radius 2 is 1.82 bits per heavy atom. The highest BCUT2D eigenvalue weighted by Crippen LogP contribution is 2.36. The van der Waals surface area contributed by atoms with Crippen molar-refractivity contribution in [3.8, 4) is 11.5 Å². The van der Waals surface area contributed by atoms with Crippen molar-refractivity contribution in [2.24, 2.45) is 7.05 Å². The van der Waals surface area contributed by atoms with Crippen LogP contribution in [0.15, 0.2) is 30.3 Å². The van der Waals surface area contributed by atoms with Crippen LogP contribution in [0.2, 0.25) is 5.02 Å². The zero-order valence-corrected chi connectivity index (χ0v) is 20.5. The second-order valence-corrected chi connectivity index (χ2v) is 8.67. The summed E-state index contributed by atoms with van der Waals surface area (Å²) in [4.78, 5) is 33.7. The van der Waals surface area contributed by atoms with Gasteiger partial charge in [-0.25, -0.2) is 9.78 Å². The zero-order chi connectivity index (χ0) is 24.4. The van der Waals surface area contributed by atoms with Gasteiger partial charge in [0.25, 0.3) is 5.91 Å². The fourth-order valence-electron chi connectivity index (χ4n) is 4.08. The Morgan fingerprint density at radius 3 is 2.50 bits per heavy atom. The highest BCUT2D eigenvalue weighted by Gasteiger charge is 2.21. The number of benzene rings is 2. The van der Waals surface area contributed by atoms with Crippen LogP contribution in [0.25, 0.3) is 11.0 Å². The molecule has 1 fully saturated rings. The molecule has 180 valence electrons. The number of halogens is 1. The molecule has 1 saturated heterocycles. The van der Waals surface area contributed by atoms with E-state index in [-0.39, 0.29) is 18.5 Å². The van der Waals surface area contributed by atoms with Crippen LogP contribution < -0.4 is 14.8 Å². The van der Waals surface area contributed by atoms with E-state index in [1.54, 1.807) is 19.2 Å². The number of likely N-dealkylation sites (tertiary alicyclic amines) is 1. The summed E-state index contributed by atoms with van der Waals surface area (Å²) in [5.74, 6) is 1.61. The molecule has 1 aliphatic rings. The Morgan fingerprint density at radius 1 is 1.12 bits per heavy atom. The number of methoxy groups -OCH3 is 2. The predicted molar refractivity (Wildman–Crippen MR) is 131 cm³/mol. The first kappa shape index (κ1) is 23.7. The van der Waals surface area contributed by atoms with E-state index in [9.17, 15) is 9.59 Å². The van der Waals surface area contributed by atoms with E-state index in [0.29, 0.717) is 33.6 Å². The molecule has 0 spiro atoms. The quantitative estimate of drug-likeness (QED) is 0.566. The lowest BCUT2D eigenvalue weighted by Crippen LogP contribution is -2.31. The van der Waals surface area contributed by atoms with E-state index in [2.05, 4.69) is 5.32 Å². The van der Waals surface area contributed by atoms with Crippen LogP contribution in [-0.2, 0) is 13.6 Å². The number of amides is 3. The van der Waals surface area contributed by atoms with E-state index >= 15 is 0 Å². The molecule has 10 heteroatoms. The number of carbonyl (C=O) groups is 2. The maximum Gasteiger partial charge on any atom is 0.322 e. The topological polar surface area (TPSA) is 88.9 Å². The summed E-state index contributed by atoms with van der Waals surface area (Å²) in [7, 11) is 6.58. The van der Waals surface area contributed by atoms with Crippen LogP contribution in [0.1, 0.15) is 29.0 Å². The Kier molecular flexibility index (Phi) is 6.83. The first-order chi connectivity index (χ1) is 16.3. The molecule has 4 rings (SSSR count). The standard InChI is InChI=1S/C24H28ClN5O4/c1-28(24(32)27-18-12-16(25)20(33-3)13-21(18)34-4)14-22-26-17-11-15(7-8-19(17)29(22)2)23(31)30-9-5-6-10-30/h7-8,11-13H,5-6,9-10,14H2,1-4H3,(H,27,32). The Labute approximate surface area is 203 Å². The van der Waals surface area contributed by atoms with Gasteiger partial charge in [-0.2, -0.15) is 0 Å². The lowest BCUT2D eigenvalue weighted by molar-refractivity contribution is 0.0793. The zero-order valence-electron chi connectivity index (χ0n) is 19.7. The average Bonchev–Trinajstić information content (AvgIpc) is 3.47. The van der Waals surface area contributed by atoms with E-state index in [1.807, 2.05) is 34.7 Å². The molecular weight excluding hydrogens is 458 g/mol. The van der Waals surface area contributed by atoms with Gasteiger partial charge in [0.05, 0.1) is 42.5 Å². The second-order valence-electron chi connectivity index (χ2n) is 8.26. The number of carbonyl (C=O) groups excluding carboxylic acids is 2. The molecule has 2 heterocycles. The molecule has 1 N–H and O–H groups in total. The van der Waals surface area contributed by atoms with Crippen molar-refractivity contribution in [3.63, 3.8) is 0 Å². The molecule has 0 atom stereocenters. The third-order valence-electron chi connectivity index (χ3n) is 6.05. The highest BCUT2D eigenvalue weighted by atomic mass is 35.5. The Hall–Kier alpha value is -3.46. The van der Waals surface area contributed by atoms with Gasteiger partial charge in [-0.1, -0.05) is 11.6 Å². The molecule has 1 aromatic heterocycles. The van der Waals surface area contributed by atoms with Crippen molar-refractivity contribution in [1.29, 1.82) is 0 Å². The van der Waals surface area contributed by atoms with Crippen LogP contribution in [0.5, 0.6) is 11.5 Å². The summed E-state index contributed by atoms with van der Waals surface area (Å²) in [6.45, 7) is 1.86. The third kappa shape index (κ3) is 4.61. The third-order valence-corrected chi connectivity index (χ3v) is 6.35. The normalized spacial score (nSPS) is 13.3. The summed E-state index contributed by atoms with van der Waals surface area (Å²) in [6.07, 6.45) is 2.09. The second kappa shape index (κ2) is 9.80. The van der Waals surface area contributed by atoms with Gasteiger partial charge in [0.1, 0.15) is 17.3 Å². The molecular formula is C24H28ClN5O4. The first-order valence-electron chi connectivity index (χ1n) is 11.0. The number of imidazole rings is 1. The van der Waals surface area contributed by atoms with Gasteiger partial charge in [0.2, 0.25) is 0 Å². The molecule has 9 nitrogen and oxygen atoms in total. The van der Waals surface area contributed by atoms with Crippen molar-refractivity contribution in [1.82, 2.24) is 19.4 Å². The van der Waals surface area contributed by atoms with Crippen LogP contribution in [-0.4, -0.2) is 65.6 Å². The lowest BCUT2D eigenvalue weighted by Gasteiger charge is -2.19. The number of hydrogen-bond donors (Lipinski definition) is 1. The fourth-order valence-corrected chi connectivity index (χ4v) is 4.32. The van der Waals surface area contributed by atoms with Gasteiger partial charge in [0.15, 0.2) is 0 Å². The van der Waals surface area contributed by atoms with Crippen molar-refractivity contribution in [3.05, 3.63) is 46.7 Å². The van der Waals surface area contributed by atoms with Crippen LogP contribution in [0.3, 0.4) is 0 Å². The lowest BCUT2D eigenvalue weighted by atomic mass is 10.2. The molecule has 3 aromatic rings. The van der Waals surface area contributed by atoms with Gasteiger partial charge in [-0.15, -0.1) is 0 Å². The number of fused-ring (bicyclic) bond motifs is 1. The van der Waals surface area contributed by atoms with Crippen molar-refractivity contribution >= 4 is 40.3 Å². The minimum Gasteiger partial charge on any atom is -0.495 e. The number of rotatable bonds is 6. The average molecular weight is 486 g/mol. The number of nitrogens with zero attached hydrogens (tertiary/aromatic N) is 4. The number of hydrogen-bond acceptors (Lipinski definition) is 5. The summed E-state index contributed by atoms with van der Waals surface area (Å²) in [6, 6.07) is 8.41. The number of ether oxygens (including phenoxy) is 2. The minimum atomic E-state index is -0.350. The summed E-state index contributed by atoms with van der Waals surface area (Å²) in [5, 5.41) is 3.17. The molecule has 3 amide bonds. The Balaban J connectivity index is 1.50. The van der Waals surface area contributed by atoms with Gasteiger partial charge in [-0.3, -0.25) is 4.79 Å². The molecule has 0 bridgehead atoms. The minimum absolute atomic E-state index is 0.0372. The molecule has 2 aromatic carbocycles. The SMILES string of the molecule is COc1cc(OC)c(NC(=O)N(C)Cc2nc3cc(C(=O)N4CCCC4)ccc3n2C)cc1Cl. The first-order valence-corrected chi connectivity index (χ1v) is 11.4. The predicted octanol–water partition coefficient (Wildman–Crippen LogP) is 4.14. The maximum absolute atomic E-state index is 12.9. The van der Waals surface area contributed by atoms with Crippen molar-refractivity contribution in [2.75, 3.05) is 39.7 Å². The summed E-state index contributed by atoms with van der Waals surface area (Å²) < 4.78 is 12.5. The van der Waals surface area contributed by atoms with Crippen molar-refractivity contribution in [2.45, 2.75) is 19.4 Å². The van der Waals surface area contributed by atoms with Crippen LogP contribution in [0, 0.1) is 0 Å². The van der Waals surface area contributed by atoms with Gasteiger partial charge in [0, 0.05) is 38.8 Å². The fraction of sp³-hybridized carbons (Fsp3) is 0.375. The largest absolute Gasteiger partial charge is 0.495 e. The van der Waals surface area contributed by atoms with Gasteiger partial charge < -0.3 is 29.2 Å². The summed E-state index contributed by atoms with van der Waals surface area (Å²) in [5.41, 5.74) is 2.68. The van der Waals surface area contributed by atoms with Crippen LogP contribution in [0.4, 0.5) is 10.5 Å². The maximum atomic E-state index is 12.9. The number of anilines is 1. The van der Waals surface area contributed by atoms with Crippen molar-refractivity contribution < 1.29 is 19.1 Å². The number of urea groups is 1. The summed E-state index contributed by atoms with van der Waals surface area (Å²) >= 11 is 6.21. The monoisotopic (exact) mass is 485 g/mol. The van der Waals surface area contributed by atoms with E-state index in [1.165, 1.54) is 19.1 Å². The Bertz CT molecular complexity index is 1240. The molecule has 0 saturated carbocycles. The van der Waals surface area contributed by atoms with E-state index in [0.717, 1.165) is 37.0 Å². The molecule has 0 unspecified atom stereocenters. The number of aryl methyl sites for hydroxylation is 1. The molecule has 1 aliphatic heterocycles. The van der Waals surface area contributed by atoms with Gasteiger partial charge >= 0.3 is 6.03 Å². The van der Waals surface area contributed by atoms with E-state index < -0.39 is 0 Å². The van der Waals surface area contributed by atoms with Gasteiger partial charge in [-0.05, 0) is 37.1 Å². The molecule has 34 heavy (non-hydrogen) atoms. The van der Waals surface area contributed by atoms with E-state index in [4.69, 9.17) is 26.1 Å². The van der Waals surface area contributed by atoms with Crippen LogP contribution >= 0.6 is 11.6 Å². The number of aromatic nitrogens is 2. The molecule has 0 radical (unpaired) electrons.